The predicted octanol–water partition coefficient (Wildman–Crippen LogP) is 7.46. The van der Waals surface area contributed by atoms with Gasteiger partial charge in [-0.3, -0.25) is 20.1 Å². The van der Waals surface area contributed by atoms with Crippen LogP contribution in [0.5, 0.6) is 0 Å². The molecule has 0 saturated heterocycles. The normalized spacial score (nSPS) is 19.3. The van der Waals surface area contributed by atoms with Crippen LogP contribution in [0.3, 0.4) is 0 Å². The van der Waals surface area contributed by atoms with Crippen molar-refractivity contribution >= 4 is 40.8 Å². The first-order valence-electron chi connectivity index (χ1n) is 14.2. The van der Waals surface area contributed by atoms with Crippen molar-refractivity contribution < 1.29 is 27.5 Å². The van der Waals surface area contributed by atoms with Crippen LogP contribution in [-0.2, 0) is 9.53 Å². The Morgan fingerprint density at radius 3 is 2.41 bits per heavy atom. The van der Waals surface area contributed by atoms with Gasteiger partial charge in [-0.2, -0.15) is 13.2 Å². The Labute approximate surface area is 261 Å². The van der Waals surface area contributed by atoms with Gasteiger partial charge in [-0.05, 0) is 71.2 Å². The third kappa shape index (κ3) is 9.83. The molecule has 1 saturated carbocycles. The monoisotopic (exact) mass is 633 g/mol. The number of amidine groups is 1. The second kappa shape index (κ2) is 13.8. The Morgan fingerprint density at radius 1 is 1.16 bits per heavy atom. The standard InChI is InChI=1S/C32H39ClF3N5O3/c1-20-9-11-21(12-10-20)27(38)41(16-15-32(34,35)36)29(43)39-19-25(37)24-13-14-31(5,28(42)44-30(2,3)4)18-26(24)40-23-8-6-7-22(33)17-23/h6-12,17,38H,13-16,18-19,37H2,1-5H3,(H,39,43)/b25-24-,38-27?,40-26?. The van der Waals surface area contributed by atoms with Gasteiger partial charge in [0.05, 0.1) is 24.1 Å². The maximum absolute atomic E-state index is 13.2. The van der Waals surface area contributed by atoms with Crippen LogP contribution in [0, 0.1) is 17.7 Å². The van der Waals surface area contributed by atoms with Crippen molar-refractivity contribution in [2.75, 3.05) is 13.1 Å². The summed E-state index contributed by atoms with van der Waals surface area (Å²) in [5, 5.41) is 11.5. The third-order valence-electron chi connectivity index (χ3n) is 7.07. The van der Waals surface area contributed by atoms with Crippen molar-refractivity contribution in [2.24, 2.45) is 16.1 Å². The zero-order valence-electron chi connectivity index (χ0n) is 25.6. The third-order valence-corrected chi connectivity index (χ3v) is 7.31. The summed E-state index contributed by atoms with van der Waals surface area (Å²) in [7, 11) is 0. The number of ether oxygens (including phenoxy) is 1. The van der Waals surface area contributed by atoms with Gasteiger partial charge in [-0.15, -0.1) is 0 Å². The number of aliphatic imine (C=N–C) groups is 1. The van der Waals surface area contributed by atoms with Crippen LogP contribution >= 0.6 is 11.6 Å². The molecule has 1 aliphatic rings. The van der Waals surface area contributed by atoms with E-state index in [1.165, 1.54) is 0 Å². The lowest BCUT2D eigenvalue weighted by atomic mass is 9.72. The zero-order valence-corrected chi connectivity index (χ0v) is 26.3. The number of esters is 1. The average Bonchev–Trinajstić information content (AvgIpc) is 2.90. The Morgan fingerprint density at radius 2 is 1.82 bits per heavy atom. The molecule has 3 rings (SSSR count). The molecule has 2 aromatic carbocycles. The summed E-state index contributed by atoms with van der Waals surface area (Å²) in [5.74, 6) is -0.739. The minimum Gasteiger partial charge on any atom is -0.460 e. The number of alkyl halides is 3. The Kier molecular flexibility index (Phi) is 10.9. The van der Waals surface area contributed by atoms with Gasteiger partial charge >= 0.3 is 18.2 Å². The number of benzene rings is 2. The lowest BCUT2D eigenvalue weighted by molar-refractivity contribution is -0.167. The van der Waals surface area contributed by atoms with E-state index >= 15 is 0 Å². The van der Waals surface area contributed by atoms with Crippen LogP contribution in [0.2, 0.25) is 5.02 Å². The number of nitrogens with one attached hydrogen (secondary N) is 2. The number of nitrogens with zero attached hydrogens (tertiary/aromatic N) is 2. The molecule has 2 amide bonds. The number of urea groups is 1. The molecule has 2 aromatic rings. The SMILES string of the molecule is Cc1ccc(C(=N)N(CCC(F)(F)F)C(=O)NC/C(N)=C2\CCC(C)(C(=O)OC(C)(C)C)CC2=Nc2cccc(Cl)c2)cc1. The number of halogens is 4. The quantitative estimate of drug-likeness (QED) is 0.166. The zero-order chi connectivity index (χ0) is 32.9. The first kappa shape index (κ1) is 34.6. The van der Waals surface area contributed by atoms with E-state index in [1.807, 2.05) is 6.92 Å². The van der Waals surface area contributed by atoms with Crippen molar-refractivity contribution in [3.8, 4) is 0 Å². The summed E-state index contributed by atoms with van der Waals surface area (Å²) >= 11 is 6.17. The second-order valence-corrected chi connectivity index (χ2v) is 12.6. The summed E-state index contributed by atoms with van der Waals surface area (Å²) in [6.45, 7) is 8.06. The number of allylic oxidation sites excluding steroid dienone is 1. The van der Waals surface area contributed by atoms with Gasteiger partial charge in [0.25, 0.3) is 0 Å². The van der Waals surface area contributed by atoms with Crippen molar-refractivity contribution in [1.29, 1.82) is 5.41 Å². The highest BCUT2D eigenvalue weighted by Crippen LogP contribution is 2.40. The molecule has 1 aliphatic carbocycles. The number of carbonyl (C=O) groups excluding carboxylic acids is 2. The predicted molar refractivity (Wildman–Crippen MR) is 166 cm³/mol. The average molecular weight is 634 g/mol. The van der Waals surface area contributed by atoms with Crippen LogP contribution < -0.4 is 11.1 Å². The molecule has 0 radical (unpaired) electrons. The maximum atomic E-state index is 13.2. The molecular formula is C32H39ClF3N5O3. The molecule has 0 heterocycles. The van der Waals surface area contributed by atoms with Crippen molar-refractivity contribution in [3.63, 3.8) is 0 Å². The fraction of sp³-hybridized carbons (Fsp3) is 0.438. The molecule has 1 fully saturated rings. The van der Waals surface area contributed by atoms with E-state index in [4.69, 9.17) is 32.5 Å². The highest BCUT2D eigenvalue weighted by molar-refractivity contribution is 6.30. The Balaban J connectivity index is 1.89. The minimum absolute atomic E-state index is 0.203. The van der Waals surface area contributed by atoms with Gasteiger partial charge < -0.3 is 15.8 Å². The lowest BCUT2D eigenvalue weighted by Gasteiger charge is -2.36. The largest absolute Gasteiger partial charge is 0.460 e. The highest BCUT2D eigenvalue weighted by atomic mass is 35.5. The molecule has 44 heavy (non-hydrogen) atoms. The summed E-state index contributed by atoms with van der Waals surface area (Å²) in [5.41, 5.74) is 8.00. The summed E-state index contributed by atoms with van der Waals surface area (Å²) in [6, 6.07) is 12.5. The van der Waals surface area contributed by atoms with Gasteiger partial charge in [0.15, 0.2) is 0 Å². The van der Waals surface area contributed by atoms with E-state index in [9.17, 15) is 22.8 Å². The molecule has 1 atom stereocenters. The molecule has 4 N–H and O–H groups in total. The Bertz CT molecular complexity index is 1450. The van der Waals surface area contributed by atoms with Crippen molar-refractivity contribution in [3.05, 3.63) is 76.0 Å². The first-order chi connectivity index (χ1) is 20.4. The number of hydrogen-bond acceptors (Lipinski definition) is 6. The molecular weight excluding hydrogens is 595 g/mol. The van der Waals surface area contributed by atoms with Crippen LogP contribution in [0.1, 0.15) is 64.5 Å². The summed E-state index contributed by atoms with van der Waals surface area (Å²) in [6.07, 6.45) is -4.87. The molecule has 0 spiro atoms. The van der Waals surface area contributed by atoms with E-state index < -0.39 is 36.2 Å². The number of nitrogens with two attached hydrogens (primary N) is 1. The van der Waals surface area contributed by atoms with E-state index in [2.05, 4.69) is 5.32 Å². The number of hydrogen-bond donors (Lipinski definition) is 3. The lowest BCUT2D eigenvalue weighted by Crippen LogP contribution is -2.46. The highest BCUT2D eigenvalue weighted by Gasteiger charge is 2.42. The number of rotatable bonds is 7. The summed E-state index contributed by atoms with van der Waals surface area (Å²) < 4.78 is 45.0. The van der Waals surface area contributed by atoms with Gasteiger partial charge in [-0.25, -0.2) is 4.79 Å². The van der Waals surface area contributed by atoms with Gasteiger partial charge in [-0.1, -0.05) is 47.5 Å². The van der Waals surface area contributed by atoms with Crippen LogP contribution in [-0.4, -0.2) is 53.3 Å². The van der Waals surface area contributed by atoms with Crippen LogP contribution in [0.15, 0.2) is 64.8 Å². The Hall–Kier alpha value is -3.86. The fourth-order valence-corrected chi connectivity index (χ4v) is 4.82. The molecule has 12 heteroatoms. The summed E-state index contributed by atoms with van der Waals surface area (Å²) in [4.78, 5) is 31.9. The van der Waals surface area contributed by atoms with E-state index in [-0.39, 0.29) is 30.5 Å². The smallest absolute Gasteiger partial charge is 0.390 e. The van der Waals surface area contributed by atoms with E-state index in [1.54, 1.807) is 76.2 Å². The molecule has 8 nitrogen and oxygen atoms in total. The number of aryl methyl sites for hydroxylation is 1. The fourth-order valence-electron chi connectivity index (χ4n) is 4.63. The topological polar surface area (TPSA) is 121 Å². The van der Waals surface area contributed by atoms with E-state index in [0.29, 0.717) is 40.4 Å². The van der Waals surface area contributed by atoms with Crippen LogP contribution in [0.25, 0.3) is 0 Å². The van der Waals surface area contributed by atoms with Gasteiger partial charge in [0, 0.05) is 35.0 Å². The second-order valence-electron chi connectivity index (χ2n) is 12.2. The van der Waals surface area contributed by atoms with Gasteiger partial charge in [0.1, 0.15) is 11.4 Å². The maximum Gasteiger partial charge on any atom is 0.390 e. The first-order valence-corrected chi connectivity index (χ1v) is 14.6. The van der Waals surface area contributed by atoms with Crippen molar-refractivity contribution in [2.45, 2.75) is 72.1 Å². The molecule has 1 unspecified atom stereocenters. The molecule has 0 aromatic heterocycles. The van der Waals surface area contributed by atoms with Crippen LogP contribution in [0.4, 0.5) is 23.7 Å². The molecule has 0 aliphatic heterocycles. The minimum atomic E-state index is -4.53. The van der Waals surface area contributed by atoms with Gasteiger partial charge in [0.2, 0.25) is 0 Å². The van der Waals surface area contributed by atoms with Crippen molar-refractivity contribution in [1.82, 2.24) is 10.2 Å². The van der Waals surface area contributed by atoms with E-state index in [0.717, 1.165) is 10.5 Å². The molecule has 0 bridgehead atoms. The number of amides is 2. The number of carbonyl (C=O) groups is 2. The molecule has 238 valence electrons.